The summed E-state index contributed by atoms with van der Waals surface area (Å²) < 4.78 is 6.21. The van der Waals surface area contributed by atoms with Crippen molar-refractivity contribution in [2.45, 2.75) is 52.6 Å². The van der Waals surface area contributed by atoms with Crippen molar-refractivity contribution in [3.05, 3.63) is 22.3 Å². The largest absolute Gasteiger partial charge is 0.507 e. The van der Waals surface area contributed by atoms with Gasteiger partial charge in [-0.15, -0.1) is 11.6 Å². The number of alkyl halides is 1. The van der Waals surface area contributed by atoms with Crippen LogP contribution in [-0.4, -0.2) is 16.6 Å². The molecule has 1 aromatic carbocycles. The Balaban J connectivity index is 2.50. The molecule has 18 heavy (non-hydrogen) atoms. The molecule has 0 bridgehead atoms. The van der Waals surface area contributed by atoms with Gasteiger partial charge in [0, 0.05) is 17.9 Å². The lowest BCUT2D eigenvalue weighted by Crippen LogP contribution is -2.37. The van der Waals surface area contributed by atoms with E-state index in [1.807, 2.05) is 20.8 Å². The average Bonchev–Trinajstić information content (AvgIpc) is 2.34. The standard InChI is InChI=1S/C15H21ClO2/c1-9-10(2)14-12(11(3)13(9)17)5-6-15(4,18-14)7-8-16/h17H,5-8H2,1-4H3/t15-/m0/s1. The highest BCUT2D eigenvalue weighted by atomic mass is 35.5. The van der Waals surface area contributed by atoms with Crippen LogP contribution in [0.2, 0.25) is 0 Å². The van der Waals surface area contributed by atoms with Gasteiger partial charge in [-0.2, -0.15) is 0 Å². The number of hydrogen-bond acceptors (Lipinski definition) is 2. The van der Waals surface area contributed by atoms with Crippen molar-refractivity contribution in [1.82, 2.24) is 0 Å². The molecule has 0 radical (unpaired) electrons. The SMILES string of the molecule is Cc1c(C)c2c(c(C)c1O)CC[C@@](C)(CCCl)O2. The first-order valence-electron chi connectivity index (χ1n) is 6.46. The van der Waals surface area contributed by atoms with Crippen LogP contribution in [0.15, 0.2) is 0 Å². The monoisotopic (exact) mass is 268 g/mol. The summed E-state index contributed by atoms with van der Waals surface area (Å²) in [6, 6.07) is 0. The minimum atomic E-state index is -0.171. The minimum Gasteiger partial charge on any atom is -0.507 e. The Labute approximate surface area is 114 Å². The van der Waals surface area contributed by atoms with Crippen LogP contribution in [0.5, 0.6) is 11.5 Å². The summed E-state index contributed by atoms with van der Waals surface area (Å²) >= 11 is 5.86. The van der Waals surface area contributed by atoms with Crippen molar-refractivity contribution < 1.29 is 9.84 Å². The zero-order valence-electron chi connectivity index (χ0n) is 11.6. The number of rotatable bonds is 2. The predicted molar refractivity (Wildman–Crippen MR) is 75.0 cm³/mol. The Kier molecular flexibility index (Phi) is 3.50. The first-order chi connectivity index (χ1) is 8.39. The lowest BCUT2D eigenvalue weighted by atomic mass is 9.86. The van der Waals surface area contributed by atoms with Gasteiger partial charge < -0.3 is 9.84 Å². The molecule has 0 amide bonds. The second-order valence-corrected chi connectivity index (χ2v) is 5.90. The summed E-state index contributed by atoms with van der Waals surface area (Å²) in [5.74, 6) is 1.98. The summed E-state index contributed by atoms with van der Waals surface area (Å²) in [5.41, 5.74) is 3.91. The maximum atomic E-state index is 10.1. The van der Waals surface area contributed by atoms with Crippen molar-refractivity contribution in [2.75, 3.05) is 5.88 Å². The van der Waals surface area contributed by atoms with Crippen molar-refractivity contribution in [3.8, 4) is 11.5 Å². The van der Waals surface area contributed by atoms with Gasteiger partial charge in [-0.05, 0) is 57.2 Å². The van der Waals surface area contributed by atoms with Crippen molar-refractivity contribution >= 4 is 11.6 Å². The molecule has 2 rings (SSSR count). The molecular weight excluding hydrogens is 248 g/mol. The number of halogens is 1. The van der Waals surface area contributed by atoms with Crippen LogP contribution in [0, 0.1) is 20.8 Å². The van der Waals surface area contributed by atoms with Gasteiger partial charge in [0.15, 0.2) is 0 Å². The Hall–Kier alpha value is -0.890. The normalized spacial score (nSPS) is 22.5. The third kappa shape index (κ3) is 2.07. The van der Waals surface area contributed by atoms with E-state index in [2.05, 4.69) is 6.92 Å². The predicted octanol–water partition coefficient (Wildman–Crippen LogP) is 4.03. The molecule has 1 N–H and O–H groups in total. The number of phenols is 1. The molecule has 1 atom stereocenters. The van der Waals surface area contributed by atoms with E-state index in [0.29, 0.717) is 11.6 Å². The molecule has 1 aromatic rings. The van der Waals surface area contributed by atoms with Crippen LogP contribution in [-0.2, 0) is 6.42 Å². The number of phenolic OH excluding ortho intramolecular Hbond substituents is 1. The molecule has 0 aliphatic carbocycles. The zero-order chi connectivity index (χ0) is 13.5. The molecule has 0 aromatic heterocycles. The minimum absolute atomic E-state index is 0.171. The Morgan fingerprint density at radius 2 is 1.89 bits per heavy atom. The Bertz CT molecular complexity index is 482. The van der Waals surface area contributed by atoms with Crippen molar-refractivity contribution in [2.24, 2.45) is 0 Å². The summed E-state index contributed by atoms with van der Waals surface area (Å²) in [6.45, 7) is 8.04. The zero-order valence-corrected chi connectivity index (χ0v) is 12.3. The van der Waals surface area contributed by atoms with Crippen LogP contribution in [0.3, 0.4) is 0 Å². The summed E-state index contributed by atoms with van der Waals surface area (Å²) in [7, 11) is 0. The fraction of sp³-hybridized carbons (Fsp3) is 0.600. The number of aromatic hydroxyl groups is 1. The van der Waals surface area contributed by atoms with E-state index in [1.54, 1.807) is 0 Å². The topological polar surface area (TPSA) is 29.5 Å². The number of fused-ring (bicyclic) bond motifs is 1. The molecule has 0 saturated carbocycles. The van der Waals surface area contributed by atoms with Crippen LogP contribution >= 0.6 is 11.6 Å². The molecule has 1 aliphatic rings. The third-order valence-electron chi connectivity index (χ3n) is 4.22. The second-order valence-electron chi connectivity index (χ2n) is 5.52. The van der Waals surface area contributed by atoms with Gasteiger partial charge in [0.1, 0.15) is 17.1 Å². The molecule has 0 saturated heterocycles. The number of ether oxygens (including phenoxy) is 1. The first kappa shape index (κ1) is 13.5. The third-order valence-corrected chi connectivity index (χ3v) is 4.40. The van der Waals surface area contributed by atoms with E-state index in [1.165, 1.54) is 0 Å². The van der Waals surface area contributed by atoms with Crippen LogP contribution in [0.4, 0.5) is 0 Å². The highest BCUT2D eigenvalue weighted by molar-refractivity contribution is 6.17. The second kappa shape index (κ2) is 4.65. The molecule has 0 fully saturated rings. The maximum Gasteiger partial charge on any atom is 0.127 e. The molecule has 100 valence electrons. The average molecular weight is 269 g/mol. The van der Waals surface area contributed by atoms with Gasteiger partial charge in [-0.25, -0.2) is 0 Å². The quantitative estimate of drug-likeness (QED) is 0.821. The molecule has 1 heterocycles. The highest BCUT2D eigenvalue weighted by Crippen LogP contribution is 2.43. The Morgan fingerprint density at radius 3 is 2.50 bits per heavy atom. The molecule has 2 nitrogen and oxygen atoms in total. The highest BCUT2D eigenvalue weighted by Gasteiger charge is 2.33. The summed E-state index contributed by atoms with van der Waals surface area (Å²) in [5, 5.41) is 10.1. The van der Waals surface area contributed by atoms with Gasteiger partial charge in [-0.3, -0.25) is 0 Å². The molecular formula is C15H21ClO2. The first-order valence-corrected chi connectivity index (χ1v) is 6.99. The summed E-state index contributed by atoms with van der Waals surface area (Å²) in [6.07, 6.45) is 2.76. The van der Waals surface area contributed by atoms with Gasteiger partial charge in [-0.1, -0.05) is 0 Å². The van der Waals surface area contributed by atoms with E-state index >= 15 is 0 Å². The van der Waals surface area contributed by atoms with E-state index in [9.17, 15) is 5.11 Å². The van der Waals surface area contributed by atoms with E-state index < -0.39 is 0 Å². The lowest BCUT2D eigenvalue weighted by Gasteiger charge is -2.37. The van der Waals surface area contributed by atoms with Gasteiger partial charge in [0.25, 0.3) is 0 Å². The van der Waals surface area contributed by atoms with E-state index in [0.717, 1.165) is 47.3 Å². The molecule has 0 unspecified atom stereocenters. The van der Waals surface area contributed by atoms with Crippen LogP contribution in [0.25, 0.3) is 0 Å². The molecule has 0 spiro atoms. The fourth-order valence-corrected chi connectivity index (χ4v) is 3.07. The number of benzene rings is 1. The van der Waals surface area contributed by atoms with Crippen molar-refractivity contribution in [3.63, 3.8) is 0 Å². The molecule has 1 aliphatic heterocycles. The number of hydrogen-bond donors (Lipinski definition) is 1. The van der Waals surface area contributed by atoms with E-state index in [-0.39, 0.29) is 5.60 Å². The van der Waals surface area contributed by atoms with Gasteiger partial charge >= 0.3 is 0 Å². The maximum absolute atomic E-state index is 10.1. The smallest absolute Gasteiger partial charge is 0.127 e. The van der Waals surface area contributed by atoms with E-state index in [4.69, 9.17) is 16.3 Å². The fourth-order valence-electron chi connectivity index (χ4n) is 2.67. The van der Waals surface area contributed by atoms with Crippen LogP contribution < -0.4 is 4.74 Å². The lowest BCUT2D eigenvalue weighted by molar-refractivity contribution is 0.0607. The van der Waals surface area contributed by atoms with Crippen molar-refractivity contribution in [1.29, 1.82) is 0 Å². The summed E-state index contributed by atoms with van der Waals surface area (Å²) in [4.78, 5) is 0. The van der Waals surface area contributed by atoms with Crippen LogP contribution in [0.1, 0.15) is 42.0 Å². The Morgan fingerprint density at radius 1 is 1.22 bits per heavy atom. The molecule has 3 heteroatoms. The van der Waals surface area contributed by atoms with Gasteiger partial charge in [0.05, 0.1) is 0 Å². The van der Waals surface area contributed by atoms with Gasteiger partial charge in [0.2, 0.25) is 0 Å².